The molecule has 3 rings (SSSR count). The van der Waals surface area contributed by atoms with E-state index in [1.807, 2.05) is 6.07 Å². The third-order valence-corrected chi connectivity index (χ3v) is 4.68. The average Bonchev–Trinajstić information content (AvgIpc) is 2.63. The molecule has 1 heterocycles. The van der Waals surface area contributed by atoms with Gasteiger partial charge in [-0.2, -0.15) is 10.1 Å². The zero-order chi connectivity index (χ0) is 18.4. The summed E-state index contributed by atoms with van der Waals surface area (Å²) >= 11 is 0. The number of hydrogen-bond donors (Lipinski definition) is 2. The summed E-state index contributed by atoms with van der Waals surface area (Å²) in [6.45, 7) is 7.47. The highest BCUT2D eigenvalue weighted by atomic mass is 15.3. The molecule has 138 valence electrons. The Balaban J connectivity index is 1.64. The molecule has 0 saturated heterocycles. The van der Waals surface area contributed by atoms with E-state index in [2.05, 4.69) is 70.9 Å². The normalized spacial score (nSPS) is 14.7. The van der Waals surface area contributed by atoms with Crippen molar-refractivity contribution in [3.63, 3.8) is 0 Å². The molecule has 26 heavy (non-hydrogen) atoms. The van der Waals surface area contributed by atoms with E-state index < -0.39 is 0 Å². The van der Waals surface area contributed by atoms with Gasteiger partial charge in [0.25, 0.3) is 0 Å². The first-order chi connectivity index (χ1) is 12.5. The Morgan fingerprint density at radius 1 is 1.12 bits per heavy atom. The van der Waals surface area contributed by atoms with Gasteiger partial charge >= 0.3 is 0 Å². The van der Waals surface area contributed by atoms with Crippen LogP contribution in [0.2, 0.25) is 0 Å². The zero-order valence-corrected chi connectivity index (χ0v) is 16.0. The topological polar surface area (TPSA) is 62.7 Å². The molecule has 2 aromatic rings. The fraction of sp³-hybridized carbons (Fsp3) is 0.476. The van der Waals surface area contributed by atoms with Gasteiger partial charge in [-0.1, -0.05) is 50.6 Å². The molecular formula is C21H29N5. The average molecular weight is 351 g/mol. The second-order valence-corrected chi connectivity index (χ2v) is 7.87. The second-order valence-electron chi connectivity index (χ2n) is 7.87. The fourth-order valence-electron chi connectivity index (χ4n) is 3.29. The Hall–Kier alpha value is -2.43. The molecule has 0 bridgehead atoms. The van der Waals surface area contributed by atoms with Crippen LogP contribution >= 0.6 is 0 Å². The molecule has 5 nitrogen and oxygen atoms in total. The molecule has 1 aliphatic rings. The number of allylic oxidation sites excluding steroid dienone is 1. The van der Waals surface area contributed by atoms with Gasteiger partial charge in [0.1, 0.15) is 0 Å². The molecule has 0 spiro atoms. The van der Waals surface area contributed by atoms with Crippen molar-refractivity contribution in [1.29, 1.82) is 0 Å². The summed E-state index contributed by atoms with van der Waals surface area (Å²) in [4.78, 5) is 4.56. The molecule has 1 aromatic carbocycles. The maximum atomic E-state index is 4.56. The number of nitrogens with one attached hydrogen (secondary N) is 2. The van der Waals surface area contributed by atoms with Crippen molar-refractivity contribution >= 4 is 17.5 Å². The van der Waals surface area contributed by atoms with Gasteiger partial charge in [-0.3, -0.25) is 0 Å². The van der Waals surface area contributed by atoms with Crippen molar-refractivity contribution in [3.05, 3.63) is 47.7 Å². The second kappa shape index (κ2) is 8.30. The van der Waals surface area contributed by atoms with Crippen LogP contribution in [-0.2, 0) is 5.41 Å². The van der Waals surface area contributed by atoms with Crippen molar-refractivity contribution in [2.45, 2.75) is 58.3 Å². The standard InChI is InChI=1S/C21H29N5/c1-21(2,3)17-11-7-8-12-18(17)24-20-25-19(15-23-26-20)22-14-13-16-9-5-4-6-10-16/h7-9,11-12,15H,4-6,10,13-14H2,1-3H3,(H2,22,24,25,26). The summed E-state index contributed by atoms with van der Waals surface area (Å²) in [5, 5.41) is 14.9. The van der Waals surface area contributed by atoms with Gasteiger partial charge in [-0.05, 0) is 49.1 Å². The molecule has 1 aliphatic carbocycles. The van der Waals surface area contributed by atoms with Crippen molar-refractivity contribution < 1.29 is 0 Å². The molecule has 0 fully saturated rings. The Bertz CT molecular complexity index is 761. The van der Waals surface area contributed by atoms with Gasteiger partial charge in [-0.15, -0.1) is 5.10 Å². The van der Waals surface area contributed by atoms with E-state index in [9.17, 15) is 0 Å². The summed E-state index contributed by atoms with van der Waals surface area (Å²) in [5.41, 5.74) is 3.85. The maximum absolute atomic E-state index is 4.56. The molecule has 5 heteroatoms. The Morgan fingerprint density at radius 2 is 1.96 bits per heavy atom. The highest BCUT2D eigenvalue weighted by molar-refractivity contribution is 5.60. The van der Waals surface area contributed by atoms with Crippen molar-refractivity contribution in [3.8, 4) is 0 Å². The van der Waals surface area contributed by atoms with Crippen molar-refractivity contribution in [2.24, 2.45) is 0 Å². The maximum Gasteiger partial charge on any atom is 0.249 e. The van der Waals surface area contributed by atoms with Crippen LogP contribution in [0, 0.1) is 0 Å². The lowest BCUT2D eigenvalue weighted by Crippen LogP contribution is -2.14. The van der Waals surface area contributed by atoms with Crippen LogP contribution in [0.15, 0.2) is 42.1 Å². The molecule has 0 amide bonds. The number of para-hydroxylation sites is 1. The first-order valence-electron chi connectivity index (χ1n) is 9.50. The predicted octanol–water partition coefficient (Wildman–Crippen LogP) is 5.22. The summed E-state index contributed by atoms with van der Waals surface area (Å²) in [6, 6.07) is 8.27. The van der Waals surface area contributed by atoms with Crippen LogP contribution in [0.25, 0.3) is 0 Å². The highest BCUT2D eigenvalue weighted by Gasteiger charge is 2.18. The first kappa shape index (κ1) is 18.4. The highest BCUT2D eigenvalue weighted by Crippen LogP contribution is 2.30. The monoisotopic (exact) mass is 351 g/mol. The number of rotatable bonds is 6. The molecule has 0 radical (unpaired) electrons. The SMILES string of the molecule is CC(C)(C)c1ccccc1Nc1nncc(NCCC2=CCCCC2)n1. The minimum atomic E-state index is 0.0423. The predicted molar refractivity (Wildman–Crippen MR) is 108 cm³/mol. The van der Waals surface area contributed by atoms with Gasteiger partial charge in [-0.25, -0.2) is 0 Å². The summed E-state index contributed by atoms with van der Waals surface area (Å²) < 4.78 is 0. The molecule has 0 unspecified atom stereocenters. The van der Waals surface area contributed by atoms with Gasteiger partial charge in [0, 0.05) is 12.2 Å². The Kier molecular flexibility index (Phi) is 5.86. The molecule has 0 saturated carbocycles. The quantitative estimate of drug-likeness (QED) is 0.699. The van der Waals surface area contributed by atoms with E-state index in [1.165, 1.54) is 31.2 Å². The number of nitrogens with zero attached hydrogens (tertiary/aromatic N) is 3. The van der Waals surface area contributed by atoms with Crippen LogP contribution < -0.4 is 10.6 Å². The van der Waals surface area contributed by atoms with Crippen LogP contribution in [0.5, 0.6) is 0 Å². The molecule has 1 aromatic heterocycles. The third-order valence-electron chi connectivity index (χ3n) is 4.68. The Labute approximate surface area is 156 Å². The molecule has 0 aliphatic heterocycles. The first-order valence-corrected chi connectivity index (χ1v) is 9.50. The van der Waals surface area contributed by atoms with Gasteiger partial charge in [0.05, 0.1) is 6.20 Å². The fourth-order valence-corrected chi connectivity index (χ4v) is 3.29. The number of anilines is 3. The molecule has 2 N–H and O–H groups in total. The number of hydrogen-bond acceptors (Lipinski definition) is 5. The van der Waals surface area contributed by atoms with Crippen LogP contribution in [-0.4, -0.2) is 21.7 Å². The molecule has 0 atom stereocenters. The molecular weight excluding hydrogens is 322 g/mol. The summed E-state index contributed by atoms with van der Waals surface area (Å²) in [5.74, 6) is 1.27. The van der Waals surface area contributed by atoms with Crippen LogP contribution in [0.3, 0.4) is 0 Å². The van der Waals surface area contributed by atoms with Gasteiger partial charge in [0.2, 0.25) is 5.95 Å². The Morgan fingerprint density at radius 3 is 2.73 bits per heavy atom. The van der Waals surface area contributed by atoms with E-state index >= 15 is 0 Å². The van der Waals surface area contributed by atoms with E-state index in [4.69, 9.17) is 0 Å². The van der Waals surface area contributed by atoms with E-state index in [1.54, 1.807) is 11.8 Å². The van der Waals surface area contributed by atoms with Crippen LogP contribution in [0.1, 0.15) is 58.4 Å². The van der Waals surface area contributed by atoms with Gasteiger partial charge in [0.15, 0.2) is 5.82 Å². The van der Waals surface area contributed by atoms with Crippen LogP contribution in [0.4, 0.5) is 17.5 Å². The van der Waals surface area contributed by atoms with Gasteiger partial charge < -0.3 is 10.6 Å². The third kappa shape index (κ3) is 5.04. The number of aromatic nitrogens is 3. The zero-order valence-electron chi connectivity index (χ0n) is 16.0. The van der Waals surface area contributed by atoms with E-state index in [0.717, 1.165) is 24.5 Å². The largest absolute Gasteiger partial charge is 0.368 e. The van der Waals surface area contributed by atoms with E-state index in [-0.39, 0.29) is 5.41 Å². The van der Waals surface area contributed by atoms with Crippen molar-refractivity contribution in [2.75, 3.05) is 17.2 Å². The smallest absolute Gasteiger partial charge is 0.249 e. The minimum absolute atomic E-state index is 0.0423. The van der Waals surface area contributed by atoms with Crippen molar-refractivity contribution in [1.82, 2.24) is 15.2 Å². The minimum Gasteiger partial charge on any atom is -0.368 e. The van der Waals surface area contributed by atoms with E-state index in [0.29, 0.717) is 5.95 Å². The lowest BCUT2D eigenvalue weighted by atomic mass is 9.86. The lowest BCUT2D eigenvalue weighted by Gasteiger charge is -2.22. The number of benzene rings is 1. The summed E-state index contributed by atoms with van der Waals surface area (Å²) in [6.07, 6.45) is 10.3. The summed E-state index contributed by atoms with van der Waals surface area (Å²) in [7, 11) is 0. The lowest BCUT2D eigenvalue weighted by molar-refractivity contribution is 0.592.